The van der Waals surface area contributed by atoms with E-state index in [0.717, 1.165) is 25.1 Å². The van der Waals surface area contributed by atoms with Crippen LogP contribution >= 0.6 is 0 Å². The van der Waals surface area contributed by atoms with Gasteiger partial charge in [-0.15, -0.1) is 0 Å². The van der Waals surface area contributed by atoms with Crippen molar-refractivity contribution in [3.63, 3.8) is 0 Å². The fourth-order valence-corrected chi connectivity index (χ4v) is 1.85. The second kappa shape index (κ2) is 6.03. The van der Waals surface area contributed by atoms with Crippen molar-refractivity contribution in [1.29, 1.82) is 5.26 Å². The highest BCUT2D eigenvalue weighted by Gasteiger charge is 2.17. The molecule has 0 aliphatic carbocycles. The molecule has 1 fully saturated rings. The minimum absolute atomic E-state index is 0.0828. The summed E-state index contributed by atoms with van der Waals surface area (Å²) in [6, 6.07) is 5.51. The van der Waals surface area contributed by atoms with Crippen LogP contribution in [-0.2, 0) is 9.53 Å². The van der Waals surface area contributed by atoms with E-state index in [9.17, 15) is 4.79 Å². The maximum absolute atomic E-state index is 11.8. The molecule has 1 aromatic rings. The Bertz CT molecular complexity index is 465. The molecule has 2 rings (SSSR count). The standard InChI is InChI=1S/C13H15N3O2/c14-8-10(7-11-3-1-5-15-11)13(17)16-9-12-4-2-6-18-12/h1,3,5,7,12,15H,2,4,6,9H2,(H,16,17)/b10-7+/t12-/m1/s1. The van der Waals surface area contributed by atoms with Crippen molar-refractivity contribution in [2.45, 2.75) is 18.9 Å². The van der Waals surface area contributed by atoms with Crippen molar-refractivity contribution in [3.8, 4) is 6.07 Å². The Morgan fingerprint density at radius 1 is 1.72 bits per heavy atom. The number of nitrogens with zero attached hydrogens (tertiary/aromatic N) is 1. The minimum atomic E-state index is -0.359. The number of hydrogen-bond acceptors (Lipinski definition) is 3. The first kappa shape index (κ1) is 12.4. The van der Waals surface area contributed by atoms with Crippen molar-refractivity contribution in [1.82, 2.24) is 10.3 Å². The molecule has 1 atom stereocenters. The molecule has 2 heterocycles. The number of nitriles is 1. The molecule has 1 amide bonds. The summed E-state index contributed by atoms with van der Waals surface area (Å²) in [5.74, 6) is -0.359. The van der Waals surface area contributed by atoms with E-state index in [4.69, 9.17) is 10.00 Å². The predicted octanol–water partition coefficient (Wildman–Crippen LogP) is 1.22. The van der Waals surface area contributed by atoms with Crippen molar-refractivity contribution in [2.24, 2.45) is 0 Å². The number of aromatic amines is 1. The van der Waals surface area contributed by atoms with E-state index in [1.165, 1.54) is 6.08 Å². The Balaban J connectivity index is 1.91. The van der Waals surface area contributed by atoms with Gasteiger partial charge in [-0.05, 0) is 31.1 Å². The van der Waals surface area contributed by atoms with Gasteiger partial charge >= 0.3 is 0 Å². The zero-order valence-corrected chi connectivity index (χ0v) is 9.98. The van der Waals surface area contributed by atoms with Crippen LogP contribution < -0.4 is 5.32 Å². The van der Waals surface area contributed by atoms with Gasteiger partial charge in [0, 0.05) is 25.0 Å². The van der Waals surface area contributed by atoms with Crippen molar-refractivity contribution in [2.75, 3.05) is 13.2 Å². The highest BCUT2D eigenvalue weighted by Crippen LogP contribution is 2.11. The number of nitrogens with one attached hydrogen (secondary N) is 2. The van der Waals surface area contributed by atoms with Gasteiger partial charge in [0.1, 0.15) is 11.6 Å². The fourth-order valence-electron chi connectivity index (χ4n) is 1.85. The van der Waals surface area contributed by atoms with Crippen LogP contribution in [0.2, 0.25) is 0 Å². The zero-order valence-electron chi connectivity index (χ0n) is 9.98. The van der Waals surface area contributed by atoms with Crippen LogP contribution in [0.1, 0.15) is 18.5 Å². The Hall–Kier alpha value is -2.06. The third-order valence-corrected chi connectivity index (χ3v) is 2.80. The Morgan fingerprint density at radius 3 is 3.22 bits per heavy atom. The minimum Gasteiger partial charge on any atom is -0.376 e. The molecule has 2 N–H and O–H groups in total. The summed E-state index contributed by atoms with van der Waals surface area (Å²) in [5, 5.41) is 11.7. The van der Waals surface area contributed by atoms with Crippen molar-refractivity contribution >= 4 is 12.0 Å². The first-order valence-corrected chi connectivity index (χ1v) is 5.94. The SMILES string of the molecule is N#C/C(=C\c1ccc[nH]1)C(=O)NC[C@H]1CCCO1. The lowest BCUT2D eigenvalue weighted by atomic mass is 10.2. The summed E-state index contributed by atoms with van der Waals surface area (Å²) < 4.78 is 5.40. The molecule has 0 aromatic carbocycles. The van der Waals surface area contributed by atoms with Gasteiger partial charge in [-0.3, -0.25) is 4.79 Å². The fraction of sp³-hybridized carbons (Fsp3) is 0.385. The molecule has 0 radical (unpaired) electrons. The third-order valence-electron chi connectivity index (χ3n) is 2.80. The summed E-state index contributed by atoms with van der Waals surface area (Å²) in [5.41, 5.74) is 0.828. The molecular weight excluding hydrogens is 230 g/mol. The van der Waals surface area contributed by atoms with Gasteiger partial charge in [0.05, 0.1) is 6.10 Å². The first-order valence-electron chi connectivity index (χ1n) is 5.94. The molecule has 0 bridgehead atoms. The number of rotatable bonds is 4. The van der Waals surface area contributed by atoms with Crippen molar-refractivity contribution in [3.05, 3.63) is 29.6 Å². The van der Waals surface area contributed by atoms with Gasteiger partial charge < -0.3 is 15.0 Å². The third kappa shape index (κ3) is 3.22. The molecular formula is C13H15N3O2. The lowest BCUT2D eigenvalue weighted by Gasteiger charge is -2.09. The first-order chi connectivity index (χ1) is 8.79. The van der Waals surface area contributed by atoms with E-state index in [1.54, 1.807) is 12.3 Å². The molecule has 94 valence electrons. The number of amides is 1. The van der Waals surface area contributed by atoms with E-state index >= 15 is 0 Å². The molecule has 1 aromatic heterocycles. The Kier molecular flexibility index (Phi) is 4.15. The molecule has 18 heavy (non-hydrogen) atoms. The molecule has 5 heteroatoms. The highest BCUT2D eigenvalue weighted by molar-refractivity contribution is 6.01. The topological polar surface area (TPSA) is 77.9 Å². The van der Waals surface area contributed by atoms with Crippen LogP contribution in [0.4, 0.5) is 0 Å². The molecule has 0 saturated carbocycles. The van der Waals surface area contributed by atoms with E-state index < -0.39 is 0 Å². The Labute approximate surface area is 105 Å². The van der Waals surface area contributed by atoms with E-state index in [2.05, 4.69) is 10.3 Å². The lowest BCUT2D eigenvalue weighted by molar-refractivity contribution is -0.117. The van der Waals surface area contributed by atoms with Gasteiger partial charge in [0.25, 0.3) is 5.91 Å². The van der Waals surface area contributed by atoms with Gasteiger partial charge in [0.15, 0.2) is 0 Å². The average Bonchev–Trinajstić information content (AvgIpc) is 3.06. The zero-order chi connectivity index (χ0) is 12.8. The van der Waals surface area contributed by atoms with Crippen LogP contribution in [-0.4, -0.2) is 30.1 Å². The van der Waals surface area contributed by atoms with Crippen LogP contribution in [0, 0.1) is 11.3 Å². The molecule has 1 aliphatic heterocycles. The Morgan fingerprint density at radius 2 is 2.61 bits per heavy atom. The average molecular weight is 245 g/mol. The monoisotopic (exact) mass is 245 g/mol. The quantitative estimate of drug-likeness (QED) is 0.618. The molecule has 5 nitrogen and oxygen atoms in total. The normalized spacial score (nSPS) is 19.5. The second-order valence-electron chi connectivity index (χ2n) is 4.14. The highest BCUT2D eigenvalue weighted by atomic mass is 16.5. The van der Waals surface area contributed by atoms with Crippen LogP contribution in [0.5, 0.6) is 0 Å². The van der Waals surface area contributed by atoms with Gasteiger partial charge in [-0.1, -0.05) is 0 Å². The summed E-state index contributed by atoms with van der Waals surface area (Å²) in [4.78, 5) is 14.7. The van der Waals surface area contributed by atoms with Gasteiger partial charge in [0.2, 0.25) is 0 Å². The van der Waals surface area contributed by atoms with E-state index in [1.807, 2.05) is 12.1 Å². The van der Waals surface area contributed by atoms with Crippen molar-refractivity contribution < 1.29 is 9.53 Å². The van der Waals surface area contributed by atoms with Crippen LogP contribution in [0.3, 0.4) is 0 Å². The number of H-pyrrole nitrogens is 1. The number of carbonyl (C=O) groups is 1. The maximum Gasteiger partial charge on any atom is 0.262 e. The lowest BCUT2D eigenvalue weighted by Crippen LogP contribution is -2.32. The summed E-state index contributed by atoms with van der Waals surface area (Å²) >= 11 is 0. The predicted molar refractivity (Wildman–Crippen MR) is 66.4 cm³/mol. The summed E-state index contributed by atoms with van der Waals surface area (Å²) in [6.07, 6.45) is 5.35. The largest absolute Gasteiger partial charge is 0.376 e. The van der Waals surface area contributed by atoms with Crippen LogP contribution in [0.15, 0.2) is 23.9 Å². The van der Waals surface area contributed by atoms with Gasteiger partial charge in [-0.25, -0.2) is 0 Å². The van der Waals surface area contributed by atoms with Gasteiger partial charge in [-0.2, -0.15) is 5.26 Å². The number of hydrogen-bond donors (Lipinski definition) is 2. The summed E-state index contributed by atoms with van der Waals surface area (Å²) in [7, 11) is 0. The molecule has 1 aliphatic rings. The van der Waals surface area contributed by atoms with E-state index in [-0.39, 0.29) is 17.6 Å². The smallest absolute Gasteiger partial charge is 0.262 e. The van der Waals surface area contributed by atoms with Crippen LogP contribution in [0.25, 0.3) is 6.08 Å². The molecule has 0 spiro atoms. The molecule has 0 unspecified atom stereocenters. The second-order valence-corrected chi connectivity index (χ2v) is 4.14. The molecule has 1 saturated heterocycles. The number of aromatic nitrogens is 1. The van der Waals surface area contributed by atoms with E-state index in [0.29, 0.717) is 6.54 Å². The number of ether oxygens (including phenoxy) is 1. The maximum atomic E-state index is 11.8. The number of carbonyl (C=O) groups excluding carboxylic acids is 1. The summed E-state index contributed by atoms with van der Waals surface area (Å²) in [6.45, 7) is 1.21.